The molecule has 0 atom stereocenters. The maximum absolute atomic E-state index is 12.5. The predicted octanol–water partition coefficient (Wildman–Crippen LogP) is 4.91. The van der Waals surface area contributed by atoms with Gasteiger partial charge in [0.15, 0.2) is 5.60 Å². The summed E-state index contributed by atoms with van der Waals surface area (Å²) in [6.07, 6.45) is 0. The van der Waals surface area contributed by atoms with Gasteiger partial charge in [-0.05, 0) is 44.2 Å². The van der Waals surface area contributed by atoms with E-state index in [1.54, 1.807) is 38.1 Å². The summed E-state index contributed by atoms with van der Waals surface area (Å²) >= 11 is 2.94. The first kappa shape index (κ1) is 21.7. The standard InChI is InChI=1S/C20H12O5.C4H7BrO2/c21-11-5-7-15-17(9-11)24-18-10-12(22)6-8-16(18)20(15)14-4-2-1-3-13(14)19(23)25-20;1-4(2,5)3(6)7/h1-10,21-22H;1-2H3,(H,6,7). The number of halogens is 1. The van der Waals surface area contributed by atoms with Crippen molar-refractivity contribution in [3.8, 4) is 23.0 Å². The zero-order valence-corrected chi connectivity index (χ0v) is 18.7. The number of esters is 1. The van der Waals surface area contributed by atoms with E-state index < -0.39 is 21.9 Å². The molecule has 0 saturated carbocycles. The zero-order valence-electron chi connectivity index (χ0n) is 17.1. The third-order valence-corrected chi connectivity index (χ3v) is 5.53. The third kappa shape index (κ3) is 3.46. The number of aromatic hydroxyl groups is 2. The number of aliphatic carboxylic acids is 1. The molecule has 2 aliphatic rings. The lowest BCUT2D eigenvalue weighted by molar-refractivity contribution is -0.138. The number of carboxylic acid groups (broad SMARTS) is 1. The number of carboxylic acids is 1. The molecule has 8 heteroatoms. The Morgan fingerprint density at radius 2 is 1.41 bits per heavy atom. The summed E-state index contributed by atoms with van der Waals surface area (Å²) in [4.78, 5) is 22.5. The van der Waals surface area contributed by atoms with Gasteiger partial charge < -0.3 is 24.8 Å². The third-order valence-electron chi connectivity index (χ3n) is 5.19. The molecule has 0 radical (unpaired) electrons. The fourth-order valence-electron chi connectivity index (χ4n) is 3.65. The van der Waals surface area contributed by atoms with Crippen molar-refractivity contribution in [3.05, 3.63) is 82.9 Å². The predicted molar refractivity (Wildman–Crippen MR) is 119 cm³/mol. The van der Waals surface area contributed by atoms with Gasteiger partial charge in [0, 0.05) is 28.8 Å². The van der Waals surface area contributed by atoms with Crippen LogP contribution >= 0.6 is 15.9 Å². The van der Waals surface area contributed by atoms with E-state index in [9.17, 15) is 19.8 Å². The van der Waals surface area contributed by atoms with Gasteiger partial charge in [-0.25, -0.2) is 4.79 Å². The van der Waals surface area contributed by atoms with Gasteiger partial charge in [0.05, 0.1) is 5.56 Å². The van der Waals surface area contributed by atoms with E-state index in [1.807, 2.05) is 12.1 Å². The molecule has 1 spiro atoms. The molecule has 164 valence electrons. The van der Waals surface area contributed by atoms with Crippen LogP contribution in [0.1, 0.15) is 40.9 Å². The fourth-order valence-corrected chi connectivity index (χ4v) is 3.65. The SMILES string of the molecule is CC(C)(Br)C(=O)O.O=C1OC2(c3ccc(O)cc3Oc3cc(O)ccc32)c2ccccc21. The summed E-state index contributed by atoms with van der Waals surface area (Å²) in [7, 11) is 0. The number of carbonyl (C=O) groups excluding carboxylic acids is 1. The molecule has 0 saturated heterocycles. The van der Waals surface area contributed by atoms with Crippen LogP contribution in [0.3, 0.4) is 0 Å². The first-order valence-corrected chi connectivity index (χ1v) is 10.4. The Morgan fingerprint density at radius 1 is 0.906 bits per heavy atom. The second kappa shape index (κ2) is 7.56. The molecule has 3 aromatic rings. The molecular weight excluding hydrogens is 480 g/mol. The van der Waals surface area contributed by atoms with Crippen LogP contribution < -0.4 is 4.74 Å². The van der Waals surface area contributed by atoms with Crippen molar-refractivity contribution < 1.29 is 34.4 Å². The Kier molecular flexibility index (Phi) is 5.13. The van der Waals surface area contributed by atoms with Gasteiger partial charge >= 0.3 is 11.9 Å². The van der Waals surface area contributed by atoms with Crippen molar-refractivity contribution in [2.75, 3.05) is 0 Å². The summed E-state index contributed by atoms with van der Waals surface area (Å²) in [6.45, 7) is 3.16. The van der Waals surface area contributed by atoms with E-state index in [2.05, 4.69) is 15.9 Å². The molecular formula is C24H19BrO7. The minimum atomic E-state index is -1.17. The summed E-state index contributed by atoms with van der Waals surface area (Å²) in [5.41, 5.74) is 1.28. The van der Waals surface area contributed by atoms with Crippen molar-refractivity contribution in [2.24, 2.45) is 0 Å². The highest BCUT2D eigenvalue weighted by Gasteiger charge is 2.53. The molecule has 0 amide bonds. The largest absolute Gasteiger partial charge is 0.508 e. The van der Waals surface area contributed by atoms with E-state index >= 15 is 0 Å². The lowest BCUT2D eigenvalue weighted by Gasteiger charge is -2.36. The number of fused-ring (bicyclic) bond motifs is 6. The number of ether oxygens (including phenoxy) is 2. The number of hydrogen-bond acceptors (Lipinski definition) is 6. The number of carbonyl (C=O) groups is 2. The van der Waals surface area contributed by atoms with E-state index in [1.165, 1.54) is 24.3 Å². The Hall–Kier alpha value is -3.52. The van der Waals surface area contributed by atoms with Crippen LogP contribution in [0.4, 0.5) is 0 Å². The highest BCUT2D eigenvalue weighted by molar-refractivity contribution is 9.10. The van der Waals surface area contributed by atoms with Crippen molar-refractivity contribution in [3.63, 3.8) is 0 Å². The summed E-state index contributed by atoms with van der Waals surface area (Å²) in [6, 6.07) is 16.6. The van der Waals surface area contributed by atoms with Crippen molar-refractivity contribution in [1.29, 1.82) is 0 Å². The van der Waals surface area contributed by atoms with E-state index in [0.29, 0.717) is 33.8 Å². The van der Waals surface area contributed by atoms with Gasteiger partial charge in [0.2, 0.25) is 0 Å². The highest BCUT2D eigenvalue weighted by atomic mass is 79.9. The second-order valence-corrected chi connectivity index (χ2v) is 9.84. The molecule has 2 aliphatic heterocycles. The van der Waals surface area contributed by atoms with Crippen LogP contribution in [0.15, 0.2) is 60.7 Å². The molecule has 7 nitrogen and oxygen atoms in total. The lowest BCUT2D eigenvalue weighted by atomic mass is 9.77. The van der Waals surface area contributed by atoms with Crippen LogP contribution in [-0.2, 0) is 15.1 Å². The Bertz CT molecular complexity index is 1190. The second-order valence-electron chi connectivity index (χ2n) is 7.86. The van der Waals surface area contributed by atoms with Crippen LogP contribution in [0.2, 0.25) is 0 Å². The number of benzene rings is 3. The maximum Gasteiger partial charge on any atom is 0.340 e. The summed E-state index contributed by atoms with van der Waals surface area (Å²) in [5.74, 6) is -0.432. The number of rotatable bonds is 1. The van der Waals surface area contributed by atoms with E-state index in [4.69, 9.17) is 14.6 Å². The van der Waals surface area contributed by atoms with Gasteiger partial charge in [0.1, 0.15) is 27.3 Å². The van der Waals surface area contributed by atoms with Crippen molar-refractivity contribution >= 4 is 27.9 Å². The molecule has 2 heterocycles. The lowest BCUT2D eigenvalue weighted by Crippen LogP contribution is -2.32. The van der Waals surface area contributed by atoms with Gasteiger partial charge in [-0.15, -0.1) is 0 Å². The number of hydrogen-bond donors (Lipinski definition) is 3. The first-order valence-electron chi connectivity index (χ1n) is 9.64. The van der Waals surface area contributed by atoms with Gasteiger partial charge in [0.25, 0.3) is 0 Å². The summed E-state index contributed by atoms with van der Waals surface area (Å²) < 4.78 is 11.0. The zero-order chi connectivity index (χ0) is 23.3. The molecule has 3 aromatic carbocycles. The first-order chi connectivity index (χ1) is 15.0. The van der Waals surface area contributed by atoms with Gasteiger partial charge in [-0.1, -0.05) is 34.1 Å². The van der Waals surface area contributed by atoms with E-state index in [-0.39, 0.29) is 11.5 Å². The number of alkyl halides is 1. The van der Waals surface area contributed by atoms with Crippen LogP contribution in [0, 0.1) is 0 Å². The van der Waals surface area contributed by atoms with Crippen LogP contribution in [0.5, 0.6) is 23.0 Å². The topological polar surface area (TPSA) is 113 Å². The molecule has 3 N–H and O–H groups in total. The Morgan fingerprint density at radius 3 is 1.91 bits per heavy atom. The van der Waals surface area contributed by atoms with Gasteiger partial charge in [-0.3, -0.25) is 4.79 Å². The molecule has 0 unspecified atom stereocenters. The van der Waals surface area contributed by atoms with Crippen molar-refractivity contribution in [1.82, 2.24) is 0 Å². The molecule has 5 rings (SSSR count). The quantitative estimate of drug-likeness (QED) is 0.322. The summed E-state index contributed by atoms with van der Waals surface area (Å²) in [5, 5.41) is 27.9. The molecule has 32 heavy (non-hydrogen) atoms. The minimum absolute atomic E-state index is 0.0371. The average molecular weight is 499 g/mol. The smallest absolute Gasteiger partial charge is 0.340 e. The fraction of sp³-hybridized carbons (Fsp3) is 0.167. The van der Waals surface area contributed by atoms with Crippen molar-refractivity contribution in [2.45, 2.75) is 23.8 Å². The normalized spacial score (nSPS) is 14.8. The van der Waals surface area contributed by atoms with Gasteiger partial charge in [-0.2, -0.15) is 0 Å². The molecule has 0 bridgehead atoms. The maximum atomic E-state index is 12.5. The molecule has 0 fully saturated rings. The average Bonchev–Trinajstić information content (AvgIpc) is 3.01. The van der Waals surface area contributed by atoms with Crippen LogP contribution in [0.25, 0.3) is 0 Å². The molecule has 0 aliphatic carbocycles. The minimum Gasteiger partial charge on any atom is -0.508 e. The Labute approximate surface area is 192 Å². The molecule has 0 aromatic heterocycles. The Balaban J connectivity index is 0.000000307. The number of phenolic OH excluding ortho intramolecular Hbond substituents is 2. The highest BCUT2D eigenvalue weighted by Crippen LogP contribution is 2.56. The van der Waals surface area contributed by atoms with E-state index in [0.717, 1.165) is 0 Å². The number of phenols is 2. The monoisotopic (exact) mass is 498 g/mol. The van der Waals surface area contributed by atoms with Crippen LogP contribution in [-0.4, -0.2) is 31.6 Å².